The highest BCUT2D eigenvalue weighted by Crippen LogP contribution is 2.44. The first-order valence-electron chi connectivity index (χ1n) is 7.52. The summed E-state index contributed by atoms with van der Waals surface area (Å²) >= 11 is 1.56. The van der Waals surface area contributed by atoms with Crippen LogP contribution in [0.4, 0.5) is 5.13 Å². The van der Waals surface area contributed by atoms with Crippen LogP contribution in [0.15, 0.2) is 0 Å². The fraction of sp³-hybridized carbons (Fsp3) is 0.733. The molecule has 1 aliphatic heterocycles. The van der Waals surface area contributed by atoms with Crippen LogP contribution in [0, 0.1) is 5.41 Å². The van der Waals surface area contributed by atoms with Crippen LogP contribution in [0.5, 0.6) is 0 Å². The first-order chi connectivity index (χ1) is 9.85. The number of fused-ring (bicyclic) bond motifs is 1. The molecule has 1 fully saturated rings. The zero-order chi connectivity index (χ0) is 15.2. The molecule has 1 aliphatic carbocycles. The Bertz CT molecular complexity index is 555. The number of aliphatic hydroxyl groups excluding tert-OH is 1. The molecular weight excluding hydrogens is 286 g/mol. The normalized spacial score (nSPS) is 25.7. The summed E-state index contributed by atoms with van der Waals surface area (Å²) in [7, 11) is 1.85. The van der Waals surface area contributed by atoms with Crippen molar-refractivity contribution in [3.63, 3.8) is 0 Å². The first kappa shape index (κ1) is 14.8. The van der Waals surface area contributed by atoms with Gasteiger partial charge in [0.1, 0.15) is 0 Å². The van der Waals surface area contributed by atoms with E-state index in [1.54, 1.807) is 16.2 Å². The van der Waals surface area contributed by atoms with Gasteiger partial charge in [-0.25, -0.2) is 4.98 Å². The van der Waals surface area contributed by atoms with Crippen molar-refractivity contribution in [2.45, 2.75) is 39.2 Å². The van der Waals surface area contributed by atoms with Crippen molar-refractivity contribution in [3.8, 4) is 0 Å². The molecule has 1 saturated heterocycles. The minimum Gasteiger partial charge on any atom is -0.387 e. The number of aliphatic hydroxyl groups is 1. The highest BCUT2D eigenvalue weighted by atomic mass is 32.1. The summed E-state index contributed by atoms with van der Waals surface area (Å²) in [4.78, 5) is 21.6. The van der Waals surface area contributed by atoms with Gasteiger partial charge in [0.2, 0.25) is 5.91 Å². The lowest BCUT2D eigenvalue weighted by molar-refractivity contribution is -0.127. The molecule has 1 aromatic heterocycles. The minimum absolute atomic E-state index is 0.0899. The summed E-state index contributed by atoms with van der Waals surface area (Å²) in [6.07, 6.45) is 2.22. The average molecular weight is 309 g/mol. The molecule has 5 nitrogen and oxygen atoms in total. The van der Waals surface area contributed by atoms with Crippen molar-refractivity contribution in [3.05, 3.63) is 10.6 Å². The van der Waals surface area contributed by atoms with Crippen molar-refractivity contribution >= 4 is 22.4 Å². The minimum atomic E-state index is -0.416. The topological polar surface area (TPSA) is 56.7 Å². The van der Waals surface area contributed by atoms with Crippen molar-refractivity contribution in [2.75, 3.05) is 31.6 Å². The van der Waals surface area contributed by atoms with Crippen LogP contribution >= 0.6 is 11.3 Å². The molecule has 2 aliphatic rings. The summed E-state index contributed by atoms with van der Waals surface area (Å²) < 4.78 is 0. The molecule has 0 saturated carbocycles. The maximum Gasteiger partial charge on any atom is 0.241 e. The molecule has 1 N–H and O–H groups in total. The molecule has 3 rings (SSSR count). The average Bonchev–Trinajstić information content (AvgIpc) is 2.71. The molecule has 0 spiro atoms. The third kappa shape index (κ3) is 2.92. The van der Waals surface area contributed by atoms with Gasteiger partial charge in [-0.2, -0.15) is 0 Å². The van der Waals surface area contributed by atoms with Crippen LogP contribution in [0.3, 0.4) is 0 Å². The van der Waals surface area contributed by atoms with E-state index in [4.69, 9.17) is 4.98 Å². The number of carbonyl (C=O) groups is 1. The van der Waals surface area contributed by atoms with E-state index >= 15 is 0 Å². The number of rotatable bonds is 1. The van der Waals surface area contributed by atoms with E-state index in [9.17, 15) is 9.90 Å². The van der Waals surface area contributed by atoms with Crippen LogP contribution in [0.1, 0.15) is 43.4 Å². The second-order valence-electron chi connectivity index (χ2n) is 6.96. The Morgan fingerprint density at radius 3 is 2.90 bits per heavy atom. The Labute approximate surface area is 129 Å². The number of amides is 1. The quantitative estimate of drug-likeness (QED) is 0.860. The molecule has 21 heavy (non-hydrogen) atoms. The summed E-state index contributed by atoms with van der Waals surface area (Å²) in [5.41, 5.74) is 1.11. The van der Waals surface area contributed by atoms with Gasteiger partial charge in [-0.05, 0) is 24.7 Å². The van der Waals surface area contributed by atoms with Crippen molar-refractivity contribution in [1.82, 2.24) is 9.88 Å². The van der Waals surface area contributed by atoms with Crippen LogP contribution < -0.4 is 4.90 Å². The number of nitrogens with zero attached hydrogens (tertiary/aromatic N) is 3. The van der Waals surface area contributed by atoms with E-state index in [2.05, 4.69) is 18.7 Å². The molecule has 1 aromatic rings. The van der Waals surface area contributed by atoms with Crippen molar-refractivity contribution in [2.24, 2.45) is 5.41 Å². The number of aromatic nitrogens is 1. The fourth-order valence-corrected chi connectivity index (χ4v) is 4.26. The highest BCUT2D eigenvalue weighted by molar-refractivity contribution is 7.15. The Morgan fingerprint density at radius 2 is 2.14 bits per heavy atom. The zero-order valence-corrected chi connectivity index (χ0v) is 13.7. The van der Waals surface area contributed by atoms with E-state index in [1.807, 2.05) is 7.05 Å². The van der Waals surface area contributed by atoms with E-state index in [-0.39, 0.29) is 11.3 Å². The van der Waals surface area contributed by atoms with Gasteiger partial charge in [0.05, 0.1) is 23.2 Å². The third-order valence-corrected chi connectivity index (χ3v) is 5.61. The number of anilines is 1. The van der Waals surface area contributed by atoms with Crippen LogP contribution in [0.25, 0.3) is 0 Å². The molecule has 1 amide bonds. The second-order valence-corrected chi connectivity index (χ2v) is 7.97. The summed E-state index contributed by atoms with van der Waals surface area (Å²) in [6, 6.07) is 0. The summed E-state index contributed by atoms with van der Waals surface area (Å²) in [6.45, 7) is 6.38. The number of likely N-dealkylation sites (N-methyl/N-ethyl adjacent to an activating group) is 1. The molecule has 116 valence electrons. The lowest BCUT2D eigenvalue weighted by Crippen LogP contribution is -2.34. The number of hydrogen-bond acceptors (Lipinski definition) is 5. The highest BCUT2D eigenvalue weighted by Gasteiger charge is 2.35. The maximum atomic E-state index is 12.0. The van der Waals surface area contributed by atoms with Crippen LogP contribution in [-0.4, -0.2) is 47.6 Å². The van der Waals surface area contributed by atoms with Crippen molar-refractivity contribution < 1.29 is 9.90 Å². The predicted octanol–water partition coefficient (Wildman–Crippen LogP) is 1.82. The maximum absolute atomic E-state index is 12.0. The van der Waals surface area contributed by atoms with Gasteiger partial charge < -0.3 is 14.9 Å². The van der Waals surface area contributed by atoms with Crippen LogP contribution in [-0.2, 0) is 11.2 Å². The largest absolute Gasteiger partial charge is 0.387 e. The van der Waals surface area contributed by atoms with Gasteiger partial charge >= 0.3 is 0 Å². The van der Waals surface area contributed by atoms with E-state index in [0.29, 0.717) is 6.54 Å². The van der Waals surface area contributed by atoms with Gasteiger partial charge in [0.25, 0.3) is 0 Å². The molecule has 0 radical (unpaired) electrons. The molecule has 1 atom stereocenters. The Balaban J connectivity index is 1.86. The predicted molar refractivity (Wildman–Crippen MR) is 83.6 cm³/mol. The van der Waals surface area contributed by atoms with Gasteiger partial charge in [0, 0.05) is 20.1 Å². The molecule has 0 bridgehead atoms. The third-order valence-electron chi connectivity index (χ3n) is 4.35. The SMILES string of the molecule is CN1CCCN(c2nc3c(s2)C(O)CC(C)(C)C3)CC1=O. The number of carbonyl (C=O) groups excluding carboxylic acids is 1. The lowest BCUT2D eigenvalue weighted by Gasteiger charge is -2.31. The van der Waals surface area contributed by atoms with Crippen LogP contribution in [0.2, 0.25) is 0 Å². The smallest absolute Gasteiger partial charge is 0.241 e. The van der Waals surface area contributed by atoms with Gasteiger partial charge in [-0.15, -0.1) is 0 Å². The van der Waals surface area contributed by atoms with E-state index in [1.165, 1.54) is 0 Å². The first-order valence-corrected chi connectivity index (χ1v) is 8.34. The van der Waals surface area contributed by atoms with Crippen molar-refractivity contribution in [1.29, 1.82) is 0 Å². The summed E-state index contributed by atoms with van der Waals surface area (Å²) in [5, 5.41) is 11.2. The monoisotopic (exact) mass is 309 g/mol. The zero-order valence-electron chi connectivity index (χ0n) is 12.9. The fourth-order valence-electron chi connectivity index (χ4n) is 3.16. The van der Waals surface area contributed by atoms with E-state index in [0.717, 1.165) is 48.1 Å². The Hall–Kier alpha value is -1.14. The van der Waals surface area contributed by atoms with Gasteiger partial charge in [0.15, 0.2) is 5.13 Å². The second kappa shape index (κ2) is 5.25. The number of thiazole rings is 1. The molecule has 0 aromatic carbocycles. The molecular formula is C15H23N3O2S. The number of hydrogen-bond donors (Lipinski definition) is 1. The Kier molecular flexibility index (Phi) is 3.69. The summed E-state index contributed by atoms with van der Waals surface area (Å²) in [5.74, 6) is 0.140. The van der Waals surface area contributed by atoms with E-state index < -0.39 is 6.10 Å². The molecule has 6 heteroatoms. The molecule has 2 heterocycles. The van der Waals surface area contributed by atoms with Gasteiger partial charge in [-0.1, -0.05) is 25.2 Å². The lowest BCUT2D eigenvalue weighted by atomic mass is 9.77. The molecule has 1 unspecified atom stereocenters. The van der Waals surface area contributed by atoms with Gasteiger partial charge in [-0.3, -0.25) is 4.79 Å². The standard InChI is InChI=1S/C15H23N3O2S/c1-15(2)7-10-13(11(19)8-15)21-14(16-10)18-6-4-5-17(3)12(20)9-18/h11,19H,4-9H2,1-3H3. The Morgan fingerprint density at radius 1 is 1.38 bits per heavy atom.